The molecule has 0 aromatic heterocycles. The Bertz CT molecular complexity index is 633. The van der Waals surface area contributed by atoms with Crippen molar-refractivity contribution in [3.05, 3.63) is 57.0 Å². The Balaban J connectivity index is 1.61. The van der Waals surface area contributed by atoms with Crippen molar-refractivity contribution in [1.29, 1.82) is 0 Å². The van der Waals surface area contributed by atoms with Gasteiger partial charge in [0, 0.05) is 22.6 Å². The quantitative estimate of drug-likeness (QED) is 0.896. The van der Waals surface area contributed by atoms with Gasteiger partial charge in [-0.05, 0) is 41.5 Å². The van der Waals surface area contributed by atoms with E-state index >= 15 is 0 Å². The normalized spacial score (nSPS) is 12.7. The number of benzene rings is 2. The van der Waals surface area contributed by atoms with Gasteiger partial charge in [-0.1, -0.05) is 33.6 Å². The van der Waals surface area contributed by atoms with Crippen LogP contribution in [0.5, 0.6) is 11.5 Å². The highest BCUT2D eigenvalue weighted by Crippen LogP contribution is 2.32. The summed E-state index contributed by atoms with van der Waals surface area (Å²) >= 11 is 9.61. The molecule has 0 aliphatic carbocycles. The molecule has 0 unspecified atom stereocenters. The predicted molar refractivity (Wildman–Crippen MR) is 82.3 cm³/mol. The molecule has 0 saturated heterocycles. The molecule has 5 heteroatoms. The van der Waals surface area contributed by atoms with Gasteiger partial charge in [-0.3, -0.25) is 0 Å². The van der Waals surface area contributed by atoms with Crippen molar-refractivity contribution in [1.82, 2.24) is 5.32 Å². The first kappa shape index (κ1) is 13.7. The van der Waals surface area contributed by atoms with E-state index in [0.717, 1.165) is 38.7 Å². The van der Waals surface area contributed by atoms with Crippen LogP contribution in [-0.2, 0) is 13.1 Å². The van der Waals surface area contributed by atoms with Crippen molar-refractivity contribution in [3.63, 3.8) is 0 Å². The van der Waals surface area contributed by atoms with E-state index in [9.17, 15) is 0 Å². The van der Waals surface area contributed by atoms with Gasteiger partial charge >= 0.3 is 0 Å². The van der Waals surface area contributed by atoms with Crippen LogP contribution in [0.3, 0.4) is 0 Å². The van der Waals surface area contributed by atoms with Gasteiger partial charge in [0.2, 0.25) is 6.79 Å². The van der Waals surface area contributed by atoms with Crippen LogP contribution in [0.1, 0.15) is 11.1 Å². The predicted octanol–water partition coefficient (Wildman–Crippen LogP) is 4.12. The van der Waals surface area contributed by atoms with Crippen LogP contribution in [0.4, 0.5) is 0 Å². The summed E-state index contributed by atoms with van der Waals surface area (Å²) in [5, 5.41) is 4.15. The molecular formula is C15H13BrClNO2. The topological polar surface area (TPSA) is 30.5 Å². The molecule has 0 bridgehead atoms. The number of hydrogen-bond donors (Lipinski definition) is 1. The fraction of sp³-hybridized carbons (Fsp3) is 0.200. The molecule has 1 heterocycles. The number of halogens is 2. The summed E-state index contributed by atoms with van der Waals surface area (Å²) in [5.74, 6) is 1.62. The smallest absolute Gasteiger partial charge is 0.231 e. The highest BCUT2D eigenvalue weighted by atomic mass is 79.9. The monoisotopic (exact) mass is 353 g/mol. The molecule has 2 aromatic carbocycles. The van der Waals surface area contributed by atoms with E-state index in [2.05, 4.69) is 21.2 Å². The maximum absolute atomic E-state index is 6.16. The number of nitrogens with one attached hydrogen (secondary N) is 1. The van der Waals surface area contributed by atoms with E-state index in [0.29, 0.717) is 13.3 Å². The van der Waals surface area contributed by atoms with Gasteiger partial charge in [0.25, 0.3) is 0 Å². The summed E-state index contributed by atoms with van der Waals surface area (Å²) < 4.78 is 11.7. The average molecular weight is 355 g/mol. The first-order chi connectivity index (χ1) is 9.72. The van der Waals surface area contributed by atoms with E-state index in [1.807, 2.05) is 36.4 Å². The third-order valence-corrected chi connectivity index (χ3v) is 3.95. The second-order valence-corrected chi connectivity index (χ2v) is 5.85. The lowest BCUT2D eigenvalue weighted by molar-refractivity contribution is 0.174. The summed E-state index contributed by atoms with van der Waals surface area (Å²) in [6.45, 7) is 1.77. The van der Waals surface area contributed by atoms with Gasteiger partial charge in [0.15, 0.2) is 11.5 Å². The van der Waals surface area contributed by atoms with E-state index in [4.69, 9.17) is 21.1 Å². The molecule has 3 nitrogen and oxygen atoms in total. The second-order valence-electron chi connectivity index (χ2n) is 4.53. The molecular weight excluding hydrogens is 342 g/mol. The molecule has 0 radical (unpaired) electrons. The average Bonchev–Trinajstić information content (AvgIpc) is 2.90. The van der Waals surface area contributed by atoms with Crippen LogP contribution >= 0.6 is 27.5 Å². The zero-order chi connectivity index (χ0) is 13.9. The molecule has 104 valence electrons. The molecule has 0 amide bonds. The van der Waals surface area contributed by atoms with Crippen molar-refractivity contribution in [3.8, 4) is 11.5 Å². The number of fused-ring (bicyclic) bond motifs is 1. The molecule has 3 rings (SSSR count). The van der Waals surface area contributed by atoms with Crippen LogP contribution in [0, 0.1) is 0 Å². The SMILES string of the molecule is Clc1ccc(Br)cc1CNCc1ccc2c(c1)OCO2. The van der Waals surface area contributed by atoms with Crippen molar-refractivity contribution in [2.45, 2.75) is 13.1 Å². The largest absolute Gasteiger partial charge is 0.454 e. The fourth-order valence-corrected chi connectivity index (χ4v) is 2.66. The lowest BCUT2D eigenvalue weighted by atomic mass is 10.2. The first-order valence-corrected chi connectivity index (χ1v) is 7.42. The maximum atomic E-state index is 6.16. The van der Waals surface area contributed by atoms with Gasteiger partial charge in [0.1, 0.15) is 0 Å². The number of ether oxygens (including phenoxy) is 2. The van der Waals surface area contributed by atoms with Crippen LogP contribution in [0.15, 0.2) is 40.9 Å². The number of rotatable bonds is 4. The molecule has 0 saturated carbocycles. The van der Waals surface area contributed by atoms with Crippen LogP contribution in [0.2, 0.25) is 5.02 Å². The Kier molecular flexibility index (Phi) is 4.15. The van der Waals surface area contributed by atoms with Gasteiger partial charge in [-0.15, -0.1) is 0 Å². The minimum Gasteiger partial charge on any atom is -0.454 e. The maximum Gasteiger partial charge on any atom is 0.231 e. The molecule has 0 fully saturated rings. The summed E-state index contributed by atoms with van der Waals surface area (Å²) in [6.07, 6.45) is 0. The van der Waals surface area contributed by atoms with Crippen molar-refractivity contribution in [2.24, 2.45) is 0 Å². The second kappa shape index (κ2) is 6.04. The molecule has 1 aliphatic rings. The van der Waals surface area contributed by atoms with Gasteiger partial charge in [-0.25, -0.2) is 0 Å². The lowest BCUT2D eigenvalue weighted by Gasteiger charge is -2.08. The van der Waals surface area contributed by atoms with E-state index in [1.165, 1.54) is 0 Å². The molecule has 0 spiro atoms. The minimum absolute atomic E-state index is 0.305. The molecule has 2 aromatic rings. The van der Waals surface area contributed by atoms with Crippen LogP contribution in [0.25, 0.3) is 0 Å². The van der Waals surface area contributed by atoms with E-state index in [-0.39, 0.29) is 0 Å². The fourth-order valence-electron chi connectivity index (χ4n) is 2.07. The number of hydrogen-bond acceptors (Lipinski definition) is 3. The van der Waals surface area contributed by atoms with Gasteiger partial charge in [-0.2, -0.15) is 0 Å². The Morgan fingerprint density at radius 1 is 1.05 bits per heavy atom. The minimum atomic E-state index is 0.305. The Morgan fingerprint density at radius 3 is 2.80 bits per heavy atom. The van der Waals surface area contributed by atoms with Crippen molar-refractivity contribution in [2.75, 3.05) is 6.79 Å². The van der Waals surface area contributed by atoms with Gasteiger partial charge < -0.3 is 14.8 Å². The molecule has 1 N–H and O–H groups in total. The summed E-state index contributed by atoms with van der Waals surface area (Å²) in [4.78, 5) is 0. The lowest BCUT2D eigenvalue weighted by Crippen LogP contribution is -2.12. The highest BCUT2D eigenvalue weighted by molar-refractivity contribution is 9.10. The van der Waals surface area contributed by atoms with Crippen molar-refractivity contribution >= 4 is 27.5 Å². The highest BCUT2D eigenvalue weighted by Gasteiger charge is 2.12. The summed E-state index contributed by atoms with van der Waals surface area (Å²) in [7, 11) is 0. The molecule has 20 heavy (non-hydrogen) atoms. The zero-order valence-corrected chi connectivity index (χ0v) is 13.0. The third kappa shape index (κ3) is 3.08. The van der Waals surface area contributed by atoms with Crippen LogP contribution in [-0.4, -0.2) is 6.79 Å². The molecule has 1 aliphatic heterocycles. The van der Waals surface area contributed by atoms with Crippen LogP contribution < -0.4 is 14.8 Å². The Hall–Kier alpha value is -1.23. The molecule has 0 atom stereocenters. The Labute approximate surface area is 131 Å². The van der Waals surface area contributed by atoms with E-state index in [1.54, 1.807) is 0 Å². The Morgan fingerprint density at radius 2 is 1.90 bits per heavy atom. The summed E-state index contributed by atoms with van der Waals surface area (Å²) in [6, 6.07) is 11.8. The van der Waals surface area contributed by atoms with Gasteiger partial charge in [0.05, 0.1) is 0 Å². The van der Waals surface area contributed by atoms with E-state index < -0.39 is 0 Å². The standard InChI is InChI=1S/C15H13BrClNO2/c16-12-2-3-13(17)11(6-12)8-18-7-10-1-4-14-15(5-10)20-9-19-14/h1-6,18H,7-9H2. The summed E-state index contributed by atoms with van der Waals surface area (Å²) in [5.41, 5.74) is 2.22. The first-order valence-electron chi connectivity index (χ1n) is 6.25. The zero-order valence-electron chi connectivity index (χ0n) is 10.7. The van der Waals surface area contributed by atoms with Crippen molar-refractivity contribution < 1.29 is 9.47 Å². The third-order valence-electron chi connectivity index (χ3n) is 3.09.